The first-order valence-electron chi connectivity index (χ1n) is 11.2. The van der Waals surface area contributed by atoms with Crippen LogP contribution in [0.2, 0.25) is 0 Å². The minimum atomic E-state index is -0.231. The van der Waals surface area contributed by atoms with Crippen LogP contribution < -0.4 is 15.5 Å². The summed E-state index contributed by atoms with van der Waals surface area (Å²) in [5, 5.41) is 5.96. The van der Waals surface area contributed by atoms with E-state index in [0.29, 0.717) is 5.92 Å². The van der Waals surface area contributed by atoms with Crippen LogP contribution in [0.3, 0.4) is 0 Å². The highest BCUT2D eigenvalue weighted by Crippen LogP contribution is 2.29. The summed E-state index contributed by atoms with van der Waals surface area (Å²) in [5.74, 6) is 0.709. The highest BCUT2D eigenvalue weighted by Gasteiger charge is 2.19. The predicted octanol–water partition coefficient (Wildman–Crippen LogP) is 5.77. The Labute approximate surface area is 191 Å². The molecule has 166 valence electrons. The van der Waals surface area contributed by atoms with Gasteiger partial charge in [0.15, 0.2) is 0 Å². The Kier molecular flexibility index (Phi) is 6.76. The van der Waals surface area contributed by atoms with E-state index in [9.17, 15) is 4.79 Å². The first kappa shape index (κ1) is 21.9. The molecule has 0 saturated heterocycles. The molecule has 0 radical (unpaired) electrons. The minimum Gasteiger partial charge on any atom is -0.345 e. The molecule has 0 fully saturated rings. The summed E-state index contributed by atoms with van der Waals surface area (Å²) < 4.78 is 0. The van der Waals surface area contributed by atoms with E-state index in [4.69, 9.17) is 0 Å². The Morgan fingerprint density at radius 2 is 1.56 bits per heavy atom. The maximum absolute atomic E-state index is 12.6. The van der Waals surface area contributed by atoms with Gasteiger partial charge in [0, 0.05) is 36.3 Å². The van der Waals surface area contributed by atoms with Crippen molar-refractivity contribution in [3.8, 4) is 0 Å². The molecule has 1 aliphatic rings. The van der Waals surface area contributed by atoms with E-state index in [1.807, 2.05) is 55.6 Å². The van der Waals surface area contributed by atoms with Gasteiger partial charge in [-0.05, 0) is 92.9 Å². The van der Waals surface area contributed by atoms with Crippen molar-refractivity contribution in [1.29, 1.82) is 0 Å². The lowest BCUT2D eigenvalue weighted by Gasteiger charge is -2.27. The molecule has 5 heteroatoms. The molecule has 4 rings (SSSR count). The molecule has 32 heavy (non-hydrogen) atoms. The highest BCUT2D eigenvalue weighted by atomic mass is 16.2. The van der Waals surface area contributed by atoms with Crippen LogP contribution in [-0.4, -0.2) is 38.6 Å². The van der Waals surface area contributed by atoms with Gasteiger partial charge in [-0.15, -0.1) is 0 Å². The molecule has 5 nitrogen and oxygen atoms in total. The first-order chi connectivity index (χ1) is 15.5. The van der Waals surface area contributed by atoms with Gasteiger partial charge in [0.1, 0.15) is 0 Å². The molecule has 0 bridgehead atoms. The maximum Gasteiger partial charge on any atom is 0.323 e. The summed E-state index contributed by atoms with van der Waals surface area (Å²) in [4.78, 5) is 17.0. The molecule has 1 unspecified atom stereocenters. The Morgan fingerprint density at radius 1 is 0.844 bits per heavy atom. The van der Waals surface area contributed by atoms with Crippen molar-refractivity contribution < 1.29 is 4.79 Å². The molecule has 3 aromatic rings. The van der Waals surface area contributed by atoms with Crippen molar-refractivity contribution in [2.45, 2.75) is 19.3 Å². The zero-order chi connectivity index (χ0) is 22.5. The number of aryl methyl sites for hydroxylation is 1. The third kappa shape index (κ3) is 5.48. The Hall–Kier alpha value is -3.31. The fourth-order valence-electron chi connectivity index (χ4n) is 4.47. The predicted molar refractivity (Wildman–Crippen MR) is 134 cm³/mol. The Balaban J connectivity index is 1.38. The topological polar surface area (TPSA) is 47.6 Å². The molecule has 2 amide bonds. The molecule has 0 aliphatic heterocycles. The number of urea groups is 1. The lowest BCUT2D eigenvalue weighted by atomic mass is 9.83. The molecular formula is C27H32N4O. The summed E-state index contributed by atoms with van der Waals surface area (Å²) in [7, 11) is 6.29. The zero-order valence-electron chi connectivity index (χ0n) is 19.1. The van der Waals surface area contributed by atoms with Crippen LogP contribution in [0.5, 0.6) is 0 Å². The number of carbonyl (C=O) groups excluding carboxylic acids is 1. The highest BCUT2D eigenvalue weighted by molar-refractivity contribution is 6.00. The minimum absolute atomic E-state index is 0.231. The van der Waals surface area contributed by atoms with E-state index < -0.39 is 0 Å². The second-order valence-electron chi connectivity index (χ2n) is 8.88. The fourth-order valence-corrected chi connectivity index (χ4v) is 4.47. The van der Waals surface area contributed by atoms with Gasteiger partial charge < -0.3 is 20.4 Å². The van der Waals surface area contributed by atoms with Gasteiger partial charge >= 0.3 is 6.03 Å². The van der Waals surface area contributed by atoms with Gasteiger partial charge in [-0.25, -0.2) is 4.79 Å². The number of amides is 2. The summed E-state index contributed by atoms with van der Waals surface area (Å²) in [6.45, 7) is 1.13. The smallest absolute Gasteiger partial charge is 0.323 e. The molecule has 0 saturated carbocycles. The number of nitrogens with zero attached hydrogens (tertiary/aromatic N) is 2. The number of hydrogen-bond acceptors (Lipinski definition) is 3. The van der Waals surface area contributed by atoms with Crippen molar-refractivity contribution in [3.63, 3.8) is 0 Å². The van der Waals surface area contributed by atoms with E-state index in [1.54, 1.807) is 0 Å². The zero-order valence-corrected chi connectivity index (χ0v) is 19.1. The number of anilines is 4. The van der Waals surface area contributed by atoms with Gasteiger partial charge in [0.05, 0.1) is 0 Å². The van der Waals surface area contributed by atoms with Crippen molar-refractivity contribution in [3.05, 3.63) is 83.9 Å². The van der Waals surface area contributed by atoms with Crippen molar-refractivity contribution in [2.75, 3.05) is 43.2 Å². The Bertz CT molecular complexity index is 1060. The van der Waals surface area contributed by atoms with Crippen LogP contribution in [0.1, 0.15) is 17.5 Å². The number of fused-ring (bicyclic) bond motifs is 1. The van der Waals surface area contributed by atoms with Gasteiger partial charge in [-0.2, -0.15) is 0 Å². The molecule has 0 aromatic heterocycles. The van der Waals surface area contributed by atoms with E-state index in [0.717, 1.165) is 42.1 Å². The lowest BCUT2D eigenvalue weighted by Crippen LogP contribution is -2.26. The van der Waals surface area contributed by atoms with Crippen LogP contribution in [0.4, 0.5) is 27.5 Å². The maximum atomic E-state index is 12.6. The van der Waals surface area contributed by atoms with E-state index in [2.05, 4.69) is 58.8 Å². The van der Waals surface area contributed by atoms with E-state index >= 15 is 0 Å². The molecule has 0 spiro atoms. The number of nitrogens with one attached hydrogen (secondary N) is 2. The number of benzene rings is 3. The number of carbonyl (C=O) groups is 1. The first-order valence-corrected chi connectivity index (χ1v) is 11.2. The van der Waals surface area contributed by atoms with Crippen LogP contribution in [-0.2, 0) is 12.8 Å². The molecule has 2 N–H and O–H groups in total. The summed E-state index contributed by atoms with van der Waals surface area (Å²) in [6.07, 6.45) is 3.38. The molecule has 1 aliphatic carbocycles. The lowest BCUT2D eigenvalue weighted by molar-refractivity contribution is 0.262. The fraction of sp³-hybridized carbons (Fsp3) is 0.296. The third-order valence-corrected chi connectivity index (χ3v) is 6.05. The Morgan fingerprint density at radius 3 is 2.31 bits per heavy atom. The monoisotopic (exact) mass is 428 g/mol. The number of para-hydroxylation sites is 1. The second-order valence-corrected chi connectivity index (χ2v) is 8.88. The van der Waals surface area contributed by atoms with Crippen LogP contribution >= 0.6 is 0 Å². The number of hydrogen-bond donors (Lipinski definition) is 2. The largest absolute Gasteiger partial charge is 0.345 e. The average molecular weight is 429 g/mol. The second kappa shape index (κ2) is 9.88. The summed E-state index contributed by atoms with van der Waals surface area (Å²) in [6, 6.07) is 24.1. The summed E-state index contributed by atoms with van der Waals surface area (Å²) in [5.41, 5.74) is 6.46. The SMILES string of the molecule is CN(C)CC1CCc2cc(NC(=O)Nc3cccc(N(C)c4ccccc4)c3)ccc2C1. The molecule has 3 aromatic carbocycles. The van der Waals surface area contributed by atoms with Gasteiger partial charge in [-0.3, -0.25) is 0 Å². The standard InChI is InChI=1S/C27H32N4O/c1-30(2)19-20-12-13-22-17-24(15-14-21(22)16-20)29-27(32)28-23-8-7-11-26(18-23)31(3)25-9-5-4-6-10-25/h4-11,14-15,17-18,20H,12-13,16,19H2,1-3H3,(H2,28,29,32). The average Bonchev–Trinajstić information content (AvgIpc) is 2.79. The van der Waals surface area contributed by atoms with E-state index in [1.165, 1.54) is 17.5 Å². The van der Waals surface area contributed by atoms with Crippen LogP contribution in [0.25, 0.3) is 0 Å². The molecule has 0 heterocycles. The number of rotatable bonds is 6. The van der Waals surface area contributed by atoms with Crippen LogP contribution in [0, 0.1) is 5.92 Å². The van der Waals surface area contributed by atoms with Crippen molar-refractivity contribution in [2.24, 2.45) is 5.92 Å². The van der Waals surface area contributed by atoms with E-state index in [-0.39, 0.29) is 6.03 Å². The van der Waals surface area contributed by atoms with Crippen molar-refractivity contribution >= 4 is 28.8 Å². The van der Waals surface area contributed by atoms with Crippen LogP contribution in [0.15, 0.2) is 72.8 Å². The van der Waals surface area contributed by atoms with Gasteiger partial charge in [0.25, 0.3) is 0 Å². The van der Waals surface area contributed by atoms with Gasteiger partial charge in [-0.1, -0.05) is 30.3 Å². The molecule has 1 atom stereocenters. The molecular weight excluding hydrogens is 396 g/mol. The van der Waals surface area contributed by atoms with Gasteiger partial charge in [0.2, 0.25) is 0 Å². The third-order valence-electron chi connectivity index (χ3n) is 6.05. The quantitative estimate of drug-likeness (QED) is 0.524. The van der Waals surface area contributed by atoms with Crippen molar-refractivity contribution in [1.82, 2.24) is 4.90 Å². The summed E-state index contributed by atoms with van der Waals surface area (Å²) >= 11 is 0. The normalized spacial score (nSPS) is 15.2.